The number of ketones is 1. The number of rotatable bonds is 3. The predicted octanol–water partition coefficient (Wildman–Crippen LogP) is 2.77. The number of carbonyl (C=O) groups is 1. The van der Waals surface area contributed by atoms with Crippen molar-refractivity contribution in [2.45, 2.75) is 6.42 Å². The molecule has 0 saturated carbocycles. The molecule has 0 amide bonds. The van der Waals surface area contributed by atoms with E-state index in [9.17, 15) is 4.79 Å². The Labute approximate surface area is 115 Å². The van der Waals surface area contributed by atoms with Gasteiger partial charge in [0.15, 0.2) is 5.78 Å². The largest absolute Gasteiger partial charge is 0.292 e. The SMILES string of the molecule is Cn1ccc(CC(=O)c2ncc(Br)cc2Br)n1. The number of aromatic nitrogens is 3. The van der Waals surface area contributed by atoms with Crippen LogP contribution in [0.4, 0.5) is 0 Å². The second-order valence-corrected chi connectivity index (χ2v) is 5.33. The molecule has 0 fully saturated rings. The van der Waals surface area contributed by atoms with Gasteiger partial charge in [0.25, 0.3) is 0 Å². The summed E-state index contributed by atoms with van der Waals surface area (Å²) in [4.78, 5) is 16.1. The number of hydrogen-bond acceptors (Lipinski definition) is 3. The van der Waals surface area contributed by atoms with Gasteiger partial charge < -0.3 is 0 Å². The standard InChI is InChI=1S/C11H9Br2N3O/c1-16-3-2-8(15-16)5-10(17)11-9(13)4-7(12)6-14-11/h2-4,6H,5H2,1H3. The molecule has 0 atom stereocenters. The third-order valence-electron chi connectivity index (χ3n) is 2.18. The van der Waals surface area contributed by atoms with E-state index < -0.39 is 0 Å². The molecule has 0 saturated heterocycles. The molecule has 4 nitrogen and oxygen atoms in total. The molecule has 0 unspecified atom stereocenters. The fourth-order valence-corrected chi connectivity index (χ4v) is 2.63. The molecule has 0 aliphatic carbocycles. The number of pyridine rings is 1. The summed E-state index contributed by atoms with van der Waals surface area (Å²) in [5.41, 5.74) is 1.17. The summed E-state index contributed by atoms with van der Waals surface area (Å²) in [6.45, 7) is 0. The number of nitrogens with zero attached hydrogens (tertiary/aromatic N) is 3. The zero-order chi connectivity index (χ0) is 12.4. The van der Waals surface area contributed by atoms with Gasteiger partial charge >= 0.3 is 0 Å². The Morgan fingerprint density at radius 2 is 2.24 bits per heavy atom. The first-order chi connectivity index (χ1) is 8.06. The van der Waals surface area contributed by atoms with E-state index in [1.807, 2.05) is 19.3 Å². The van der Waals surface area contributed by atoms with Crippen molar-refractivity contribution in [3.8, 4) is 0 Å². The lowest BCUT2D eigenvalue weighted by Crippen LogP contribution is -2.07. The Balaban J connectivity index is 2.20. The van der Waals surface area contributed by atoms with Crippen LogP contribution in [0, 0.1) is 0 Å². The molecule has 0 aromatic carbocycles. The van der Waals surface area contributed by atoms with Gasteiger partial charge in [-0.2, -0.15) is 5.10 Å². The van der Waals surface area contributed by atoms with Crippen LogP contribution in [-0.4, -0.2) is 20.5 Å². The van der Waals surface area contributed by atoms with Gasteiger partial charge in [-0.05, 0) is 44.0 Å². The zero-order valence-electron chi connectivity index (χ0n) is 9.02. The smallest absolute Gasteiger partial charge is 0.188 e. The Morgan fingerprint density at radius 3 is 2.82 bits per heavy atom. The number of hydrogen-bond donors (Lipinski definition) is 0. The second-order valence-electron chi connectivity index (χ2n) is 3.56. The van der Waals surface area contributed by atoms with Crippen molar-refractivity contribution >= 4 is 37.6 Å². The van der Waals surface area contributed by atoms with E-state index in [1.165, 1.54) is 0 Å². The van der Waals surface area contributed by atoms with Gasteiger partial charge in [-0.1, -0.05) is 0 Å². The first kappa shape index (κ1) is 12.4. The summed E-state index contributed by atoms with van der Waals surface area (Å²) in [7, 11) is 1.82. The van der Waals surface area contributed by atoms with Crippen molar-refractivity contribution in [3.05, 3.63) is 44.9 Å². The minimum Gasteiger partial charge on any atom is -0.292 e. The molecule has 2 rings (SSSR count). The summed E-state index contributed by atoms with van der Waals surface area (Å²) < 4.78 is 3.19. The first-order valence-corrected chi connectivity index (χ1v) is 6.47. The lowest BCUT2D eigenvalue weighted by Gasteiger charge is -2.01. The molecule has 0 aliphatic rings. The fraction of sp³-hybridized carbons (Fsp3) is 0.182. The highest BCUT2D eigenvalue weighted by Gasteiger charge is 2.14. The quantitative estimate of drug-likeness (QED) is 0.792. The van der Waals surface area contributed by atoms with Gasteiger partial charge in [0.2, 0.25) is 0 Å². The molecule has 2 aromatic rings. The van der Waals surface area contributed by atoms with Crippen LogP contribution in [0.15, 0.2) is 33.5 Å². The van der Waals surface area contributed by atoms with Crippen LogP contribution in [0.25, 0.3) is 0 Å². The summed E-state index contributed by atoms with van der Waals surface area (Å²) in [5, 5.41) is 4.17. The van der Waals surface area contributed by atoms with Crippen molar-refractivity contribution in [1.29, 1.82) is 0 Å². The molecule has 0 spiro atoms. The van der Waals surface area contributed by atoms with E-state index in [-0.39, 0.29) is 12.2 Å². The average molecular weight is 359 g/mol. The van der Waals surface area contributed by atoms with E-state index >= 15 is 0 Å². The average Bonchev–Trinajstić information content (AvgIpc) is 2.63. The topological polar surface area (TPSA) is 47.8 Å². The van der Waals surface area contributed by atoms with Crippen LogP contribution < -0.4 is 0 Å². The van der Waals surface area contributed by atoms with Crippen LogP contribution in [0.2, 0.25) is 0 Å². The van der Waals surface area contributed by atoms with Crippen molar-refractivity contribution in [1.82, 2.24) is 14.8 Å². The molecule has 0 bridgehead atoms. The summed E-state index contributed by atoms with van der Waals surface area (Å²) >= 11 is 6.62. The van der Waals surface area contributed by atoms with Crippen LogP contribution in [0.3, 0.4) is 0 Å². The highest BCUT2D eigenvalue weighted by atomic mass is 79.9. The number of halogens is 2. The van der Waals surface area contributed by atoms with Gasteiger partial charge in [0, 0.05) is 28.4 Å². The molecule has 2 aromatic heterocycles. The maximum Gasteiger partial charge on any atom is 0.188 e. The van der Waals surface area contributed by atoms with Crippen molar-refractivity contribution in [2.24, 2.45) is 7.05 Å². The van der Waals surface area contributed by atoms with E-state index in [0.29, 0.717) is 10.2 Å². The molecule has 0 aliphatic heterocycles. The second kappa shape index (κ2) is 5.10. The maximum absolute atomic E-state index is 12.0. The van der Waals surface area contributed by atoms with Gasteiger partial charge in [-0.15, -0.1) is 0 Å². The fourth-order valence-electron chi connectivity index (χ4n) is 1.43. The Hall–Kier alpha value is -1.01. The van der Waals surface area contributed by atoms with Crippen LogP contribution >= 0.6 is 31.9 Å². The minimum absolute atomic E-state index is 0.0527. The van der Waals surface area contributed by atoms with Crippen LogP contribution in [0.5, 0.6) is 0 Å². The number of Topliss-reactive ketones (excluding diaryl/α,β-unsaturated/α-hetero) is 1. The zero-order valence-corrected chi connectivity index (χ0v) is 12.2. The summed E-state index contributed by atoms with van der Waals surface area (Å²) in [6.07, 6.45) is 3.68. The molecule has 0 radical (unpaired) electrons. The van der Waals surface area contributed by atoms with E-state index in [1.54, 1.807) is 16.9 Å². The Bertz CT molecular complexity index is 566. The number of aryl methyl sites for hydroxylation is 1. The molecular weight excluding hydrogens is 350 g/mol. The normalized spacial score (nSPS) is 10.5. The van der Waals surface area contributed by atoms with Gasteiger partial charge in [0.05, 0.1) is 12.1 Å². The molecular formula is C11H9Br2N3O. The van der Waals surface area contributed by atoms with Gasteiger partial charge in [0.1, 0.15) is 5.69 Å². The minimum atomic E-state index is -0.0527. The third-order valence-corrected chi connectivity index (χ3v) is 3.22. The van der Waals surface area contributed by atoms with E-state index in [2.05, 4.69) is 41.9 Å². The maximum atomic E-state index is 12.0. The lowest BCUT2D eigenvalue weighted by atomic mass is 10.1. The summed E-state index contributed by atoms with van der Waals surface area (Å²) in [5.74, 6) is -0.0527. The molecule has 2 heterocycles. The molecule has 17 heavy (non-hydrogen) atoms. The molecule has 0 N–H and O–H groups in total. The highest BCUT2D eigenvalue weighted by Crippen LogP contribution is 2.20. The van der Waals surface area contributed by atoms with Gasteiger partial charge in [-0.25, -0.2) is 0 Å². The highest BCUT2D eigenvalue weighted by molar-refractivity contribution is 9.11. The van der Waals surface area contributed by atoms with E-state index in [4.69, 9.17) is 0 Å². The van der Waals surface area contributed by atoms with Crippen LogP contribution in [0.1, 0.15) is 16.2 Å². The first-order valence-electron chi connectivity index (χ1n) is 4.89. The monoisotopic (exact) mass is 357 g/mol. The van der Waals surface area contributed by atoms with Crippen LogP contribution in [-0.2, 0) is 13.5 Å². The third kappa shape index (κ3) is 3.01. The van der Waals surface area contributed by atoms with Crippen molar-refractivity contribution in [2.75, 3.05) is 0 Å². The predicted molar refractivity (Wildman–Crippen MR) is 70.9 cm³/mol. The van der Waals surface area contributed by atoms with Gasteiger partial charge in [-0.3, -0.25) is 14.5 Å². The molecule has 6 heteroatoms. The Morgan fingerprint density at radius 1 is 1.47 bits per heavy atom. The molecule has 88 valence electrons. The van der Waals surface area contributed by atoms with Crippen molar-refractivity contribution < 1.29 is 4.79 Å². The van der Waals surface area contributed by atoms with E-state index in [0.717, 1.165) is 10.2 Å². The van der Waals surface area contributed by atoms with Crippen molar-refractivity contribution in [3.63, 3.8) is 0 Å². The summed E-state index contributed by atoms with van der Waals surface area (Å²) in [6, 6.07) is 3.63. The number of carbonyl (C=O) groups excluding carboxylic acids is 1. The Kier molecular flexibility index (Phi) is 3.73. The lowest BCUT2D eigenvalue weighted by molar-refractivity contribution is 0.0986.